The SMILES string of the molecule is N[C@@H]1CN(C(=O)COc2ccccc2)C[C@H]1c1ccccc1. The van der Waals surface area contributed by atoms with Crippen molar-refractivity contribution in [2.45, 2.75) is 12.0 Å². The van der Waals surface area contributed by atoms with Crippen LogP contribution in [0.25, 0.3) is 0 Å². The van der Waals surface area contributed by atoms with E-state index in [1.807, 2.05) is 48.5 Å². The maximum atomic E-state index is 12.3. The van der Waals surface area contributed by atoms with Crippen LogP contribution in [0.1, 0.15) is 11.5 Å². The Morgan fingerprint density at radius 3 is 2.36 bits per heavy atom. The summed E-state index contributed by atoms with van der Waals surface area (Å²) in [5.74, 6) is 0.888. The van der Waals surface area contributed by atoms with Crippen LogP contribution in [0.15, 0.2) is 60.7 Å². The molecule has 1 saturated heterocycles. The van der Waals surface area contributed by atoms with Crippen molar-refractivity contribution in [2.75, 3.05) is 19.7 Å². The molecule has 0 spiro atoms. The number of hydrogen-bond donors (Lipinski definition) is 1. The van der Waals surface area contributed by atoms with Crippen molar-refractivity contribution >= 4 is 5.91 Å². The summed E-state index contributed by atoms with van der Waals surface area (Å²) in [6.07, 6.45) is 0. The molecule has 1 fully saturated rings. The van der Waals surface area contributed by atoms with Crippen LogP contribution in [-0.2, 0) is 4.79 Å². The lowest BCUT2D eigenvalue weighted by atomic mass is 9.95. The Bertz CT molecular complexity index is 615. The second kappa shape index (κ2) is 6.62. The summed E-state index contributed by atoms with van der Waals surface area (Å²) >= 11 is 0. The minimum absolute atomic E-state index is 0.0160. The summed E-state index contributed by atoms with van der Waals surface area (Å²) in [6.45, 7) is 1.29. The minimum Gasteiger partial charge on any atom is -0.484 e. The van der Waals surface area contributed by atoms with E-state index < -0.39 is 0 Å². The fraction of sp³-hybridized carbons (Fsp3) is 0.278. The van der Waals surface area contributed by atoms with Gasteiger partial charge in [0.15, 0.2) is 6.61 Å². The van der Waals surface area contributed by atoms with Crippen molar-refractivity contribution in [3.8, 4) is 5.75 Å². The van der Waals surface area contributed by atoms with Crippen molar-refractivity contribution in [3.63, 3.8) is 0 Å². The molecule has 0 saturated carbocycles. The fourth-order valence-electron chi connectivity index (χ4n) is 2.84. The van der Waals surface area contributed by atoms with Gasteiger partial charge in [0.1, 0.15) is 5.75 Å². The van der Waals surface area contributed by atoms with Crippen molar-refractivity contribution in [1.29, 1.82) is 0 Å². The van der Waals surface area contributed by atoms with Crippen LogP contribution in [0.5, 0.6) is 5.75 Å². The van der Waals surface area contributed by atoms with Crippen molar-refractivity contribution in [2.24, 2.45) is 5.73 Å². The lowest BCUT2D eigenvalue weighted by molar-refractivity contribution is -0.132. The molecule has 0 bridgehead atoms. The maximum Gasteiger partial charge on any atom is 0.260 e. The number of rotatable bonds is 4. The highest BCUT2D eigenvalue weighted by molar-refractivity contribution is 5.78. The van der Waals surface area contributed by atoms with E-state index in [0.717, 1.165) is 0 Å². The van der Waals surface area contributed by atoms with Crippen molar-refractivity contribution in [1.82, 2.24) is 4.90 Å². The highest BCUT2D eigenvalue weighted by Gasteiger charge is 2.33. The van der Waals surface area contributed by atoms with Gasteiger partial charge in [0.2, 0.25) is 0 Å². The number of likely N-dealkylation sites (tertiary alicyclic amines) is 1. The molecular formula is C18H20N2O2. The molecule has 1 aliphatic heterocycles. The molecule has 0 unspecified atom stereocenters. The number of benzene rings is 2. The summed E-state index contributed by atoms with van der Waals surface area (Å²) in [7, 11) is 0. The van der Waals surface area contributed by atoms with E-state index in [9.17, 15) is 4.79 Å². The van der Waals surface area contributed by atoms with E-state index >= 15 is 0 Å². The quantitative estimate of drug-likeness (QED) is 0.939. The van der Waals surface area contributed by atoms with Crippen LogP contribution >= 0.6 is 0 Å². The smallest absolute Gasteiger partial charge is 0.260 e. The van der Waals surface area contributed by atoms with Crippen molar-refractivity contribution < 1.29 is 9.53 Å². The molecule has 3 rings (SSSR count). The highest BCUT2D eigenvalue weighted by atomic mass is 16.5. The molecule has 4 heteroatoms. The van der Waals surface area contributed by atoms with Crippen LogP contribution in [0.3, 0.4) is 0 Å². The number of nitrogens with zero attached hydrogens (tertiary/aromatic N) is 1. The zero-order chi connectivity index (χ0) is 15.4. The largest absolute Gasteiger partial charge is 0.484 e. The summed E-state index contributed by atoms with van der Waals surface area (Å²) in [4.78, 5) is 14.1. The molecule has 2 aromatic rings. The first-order valence-corrected chi connectivity index (χ1v) is 7.50. The standard InChI is InChI=1S/C18H20N2O2/c19-17-12-20(11-16(17)14-7-3-1-4-8-14)18(21)13-22-15-9-5-2-6-10-15/h1-10,16-17H,11-13,19H2/t16-,17+/m0/s1. The van der Waals surface area contributed by atoms with Gasteiger partial charge in [0.25, 0.3) is 5.91 Å². The number of nitrogens with two attached hydrogens (primary N) is 1. The van der Waals surface area contributed by atoms with Crippen LogP contribution in [-0.4, -0.2) is 36.5 Å². The number of hydrogen-bond acceptors (Lipinski definition) is 3. The van der Waals surface area contributed by atoms with Gasteiger partial charge in [-0.1, -0.05) is 48.5 Å². The molecular weight excluding hydrogens is 276 g/mol. The van der Waals surface area contributed by atoms with Gasteiger partial charge in [-0.15, -0.1) is 0 Å². The lowest BCUT2D eigenvalue weighted by Crippen LogP contribution is -2.35. The highest BCUT2D eigenvalue weighted by Crippen LogP contribution is 2.26. The molecule has 4 nitrogen and oxygen atoms in total. The molecule has 0 radical (unpaired) electrons. The molecule has 1 amide bonds. The third-order valence-electron chi connectivity index (χ3n) is 4.05. The zero-order valence-corrected chi connectivity index (χ0v) is 12.4. The van der Waals surface area contributed by atoms with E-state index in [1.54, 1.807) is 4.90 Å². The Morgan fingerprint density at radius 1 is 1.05 bits per heavy atom. The Kier molecular flexibility index (Phi) is 4.39. The summed E-state index contributed by atoms with van der Waals surface area (Å²) in [5.41, 5.74) is 7.40. The van der Waals surface area contributed by atoms with Gasteiger partial charge in [0, 0.05) is 25.0 Å². The van der Waals surface area contributed by atoms with Crippen molar-refractivity contribution in [3.05, 3.63) is 66.2 Å². The van der Waals surface area contributed by atoms with Gasteiger partial charge in [-0.3, -0.25) is 4.79 Å². The Hall–Kier alpha value is -2.33. The molecule has 0 aliphatic carbocycles. The summed E-state index contributed by atoms with van der Waals surface area (Å²) < 4.78 is 5.52. The Labute approximate surface area is 130 Å². The van der Waals surface area contributed by atoms with Crippen LogP contribution < -0.4 is 10.5 Å². The molecule has 2 N–H and O–H groups in total. The predicted octanol–water partition coefficient (Wildman–Crippen LogP) is 2.02. The van der Waals surface area contributed by atoms with Gasteiger partial charge < -0.3 is 15.4 Å². The number of para-hydroxylation sites is 1. The first-order valence-electron chi connectivity index (χ1n) is 7.50. The van der Waals surface area contributed by atoms with E-state index in [4.69, 9.17) is 10.5 Å². The zero-order valence-electron chi connectivity index (χ0n) is 12.4. The topological polar surface area (TPSA) is 55.6 Å². The van der Waals surface area contributed by atoms with Gasteiger partial charge in [-0.25, -0.2) is 0 Å². The predicted molar refractivity (Wildman–Crippen MR) is 85.7 cm³/mol. The minimum atomic E-state index is -0.0249. The number of amides is 1. The summed E-state index contributed by atoms with van der Waals surface area (Å²) in [5, 5.41) is 0. The monoisotopic (exact) mass is 296 g/mol. The van der Waals surface area contributed by atoms with Gasteiger partial charge in [0.05, 0.1) is 0 Å². The van der Waals surface area contributed by atoms with E-state index in [1.165, 1.54) is 5.56 Å². The van der Waals surface area contributed by atoms with Crippen LogP contribution in [0.2, 0.25) is 0 Å². The third kappa shape index (κ3) is 3.28. The molecule has 1 aliphatic rings. The number of carbonyl (C=O) groups excluding carboxylic acids is 1. The first kappa shape index (κ1) is 14.6. The average Bonchev–Trinajstić information content (AvgIpc) is 2.96. The second-order valence-corrected chi connectivity index (χ2v) is 5.58. The molecule has 2 aromatic carbocycles. The number of carbonyl (C=O) groups is 1. The number of ether oxygens (including phenoxy) is 1. The van der Waals surface area contributed by atoms with Crippen LogP contribution in [0.4, 0.5) is 0 Å². The molecule has 0 aromatic heterocycles. The normalized spacial score (nSPS) is 20.9. The fourth-order valence-corrected chi connectivity index (χ4v) is 2.84. The molecule has 22 heavy (non-hydrogen) atoms. The van der Waals surface area contributed by atoms with Gasteiger partial charge in [-0.2, -0.15) is 0 Å². The Balaban J connectivity index is 1.58. The maximum absolute atomic E-state index is 12.3. The third-order valence-corrected chi connectivity index (χ3v) is 4.05. The van der Waals surface area contributed by atoms with E-state index in [0.29, 0.717) is 18.8 Å². The summed E-state index contributed by atoms with van der Waals surface area (Å²) in [6, 6.07) is 19.5. The molecule has 1 heterocycles. The van der Waals surface area contributed by atoms with Crippen LogP contribution in [0, 0.1) is 0 Å². The molecule has 114 valence electrons. The second-order valence-electron chi connectivity index (χ2n) is 5.58. The van der Waals surface area contributed by atoms with Gasteiger partial charge >= 0.3 is 0 Å². The lowest BCUT2D eigenvalue weighted by Gasteiger charge is -2.17. The first-order chi connectivity index (χ1) is 10.7. The van der Waals surface area contributed by atoms with Gasteiger partial charge in [-0.05, 0) is 17.7 Å². The Morgan fingerprint density at radius 2 is 1.68 bits per heavy atom. The average molecular weight is 296 g/mol. The van der Waals surface area contributed by atoms with E-state index in [-0.39, 0.29) is 24.5 Å². The van der Waals surface area contributed by atoms with E-state index in [2.05, 4.69) is 12.1 Å². The molecule has 2 atom stereocenters.